The van der Waals surface area contributed by atoms with E-state index in [0.717, 1.165) is 37.0 Å². The predicted molar refractivity (Wildman–Crippen MR) is 92.4 cm³/mol. The van der Waals surface area contributed by atoms with Crippen LogP contribution in [0.25, 0.3) is 0 Å². The van der Waals surface area contributed by atoms with E-state index in [1.165, 1.54) is 43.4 Å². The first-order valence-electron chi connectivity index (χ1n) is 10.00. The van der Waals surface area contributed by atoms with E-state index in [1.54, 1.807) is 0 Å². The Morgan fingerprint density at radius 2 is 1.88 bits per heavy atom. The highest BCUT2D eigenvalue weighted by Crippen LogP contribution is 2.67. The second-order valence-electron chi connectivity index (χ2n) is 10.1. The van der Waals surface area contributed by atoms with Crippen molar-refractivity contribution >= 4 is 0 Å². The molecule has 3 saturated carbocycles. The molecule has 4 aliphatic rings. The van der Waals surface area contributed by atoms with Crippen LogP contribution in [0.1, 0.15) is 70.6 Å². The minimum atomic E-state index is -0.464. The maximum Gasteiger partial charge on any atom is 0.127 e. The van der Waals surface area contributed by atoms with Crippen LogP contribution in [0, 0.1) is 34.5 Å². The molecule has 0 aliphatic heterocycles. The van der Waals surface area contributed by atoms with Crippen LogP contribution in [0.15, 0.2) is 10.8 Å². The quantitative estimate of drug-likeness (QED) is 0.768. The molecule has 1 aromatic rings. The van der Waals surface area contributed by atoms with Crippen molar-refractivity contribution in [3.8, 4) is 0 Å². The van der Waals surface area contributed by atoms with E-state index < -0.39 is 5.60 Å². The largest absolute Gasteiger partial charge is 0.390 e. The van der Waals surface area contributed by atoms with Crippen LogP contribution in [-0.4, -0.2) is 15.9 Å². The minimum Gasteiger partial charge on any atom is -0.390 e. The normalized spacial score (nSPS) is 53.0. The van der Waals surface area contributed by atoms with E-state index in [9.17, 15) is 5.11 Å². The molecule has 5 unspecified atom stereocenters. The molecule has 5 rings (SSSR count). The van der Waals surface area contributed by atoms with Crippen LogP contribution in [-0.2, 0) is 12.8 Å². The molecule has 7 atom stereocenters. The second-order valence-corrected chi connectivity index (χ2v) is 10.1. The van der Waals surface area contributed by atoms with E-state index in [4.69, 9.17) is 4.52 Å². The monoisotopic (exact) mass is 329 g/mol. The van der Waals surface area contributed by atoms with Crippen LogP contribution >= 0.6 is 0 Å². The van der Waals surface area contributed by atoms with E-state index >= 15 is 0 Å². The maximum absolute atomic E-state index is 11.0. The average Bonchev–Trinajstić information content (AvgIpc) is 3.06. The molecule has 0 aromatic carbocycles. The summed E-state index contributed by atoms with van der Waals surface area (Å²) in [5.74, 6) is 3.10. The molecule has 1 N–H and O–H groups in total. The van der Waals surface area contributed by atoms with Crippen LogP contribution in [0.3, 0.4) is 0 Å². The summed E-state index contributed by atoms with van der Waals surface area (Å²) in [6, 6.07) is 0. The van der Waals surface area contributed by atoms with Gasteiger partial charge in [-0.05, 0) is 92.8 Å². The Hall–Kier alpha value is -0.830. The van der Waals surface area contributed by atoms with Gasteiger partial charge in [0.15, 0.2) is 0 Å². The summed E-state index contributed by atoms with van der Waals surface area (Å²) in [6.45, 7) is 7.04. The van der Waals surface area contributed by atoms with Crippen LogP contribution in [0.5, 0.6) is 0 Å². The fourth-order valence-electron chi connectivity index (χ4n) is 7.63. The standard InChI is InChI=1S/C21H31NO2/c1-19-11-13-12-24-22-18(13)10-14(19)4-5-15-16(19)6-8-20(2)17(15)7-9-21(20,3)23/h12,14-17,23H,4-11H2,1-3H3/t14?,15?,16?,17?,19?,20-,21-/m0/s1. The summed E-state index contributed by atoms with van der Waals surface area (Å²) in [5, 5.41) is 15.3. The van der Waals surface area contributed by atoms with Gasteiger partial charge in [0.25, 0.3) is 0 Å². The average molecular weight is 329 g/mol. The van der Waals surface area contributed by atoms with Gasteiger partial charge in [0, 0.05) is 5.56 Å². The first-order chi connectivity index (χ1) is 11.4. The van der Waals surface area contributed by atoms with E-state index in [0.29, 0.717) is 11.3 Å². The Morgan fingerprint density at radius 1 is 1.08 bits per heavy atom. The van der Waals surface area contributed by atoms with Gasteiger partial charge in [-0.1, -0.05) is 19.0 Å². The number of nitrogens with zero attached hydrogens (tertiary/aromatic N) is 1. The molecule has 24 heavy (non-hydrogen) atoms. The topological polar surface area (TPSA) is 46.3 Å². The molecule has 0 saturated heterocycles. The molecule has 3 nitrogen and oxygen atoms in total. The van der Waals surface area contributed by atoms with Crippen molar-refractivity contribution in [2.45, 2.75) is 77.7 Å². The van der Waals surface area contributed by atoms with Gasteiger partial charge in [-0.3, -0.25) is 0 Å². The number of rotatable bonds is 0. The van der Waals surface area contributed by atoms with Crippen molar-refractivity contribution in [3.63, 3.8) is 0 Å². The number of hydrogen-bond acceptors (Lipinski definition) is 3. The van der Waals surface area contributed by atoms with Gasteiger partial charge >= 0.3 is 0 Å². The predicted octanol–water partition coefficient (Wildman–Crippen LogP) is 4.38. The molecule has 3 fully saturated rings. The summed E-state index contributed by atoms with van der Waals surface area (Å²) < 4.78 is 5.28. The highest BCUT2D eigenvalue weighted by molar-refractivity contribution is 5.25. The second kappa shape index (κ2) is 4.66. The van der Waals surface area contributed by atoms with Gasteiger partial charge in [0.05, 0.1) is 11.3 Å². The summed E-state index contributed by atoms with van der Waals surface area (Å²) in [7, 11) is 0. The van der Waals surface area contributed by atoms with Gasteiger partial charge in [-0.2, -0.15) is 0 Å². The summed E-state index contributed by atoms with van der Waals surface area (Å²) in [6.07, 6.45) is 11.6. The van der Waals surface area contributed by atoms with E-state index in [1.807, 2.05) is 6.26 Å². The van der Waals surface area contributed by atoms with Gasteiger partial charge < -0.3 is 9.63 Å². The molecule has 0 radical (unpaired) electrons. The third-order valence-electron chi connectivity index (χ3n) is 9.37. The van der Waals surface area contributed by atoms with Gasteiger partial charge in [0.1, 0.15) is 6.26 Å². The molecule has 0 bridgehead atoms. The highest BCUT2D eigenvalue weighted by Gasteiger charge is 2.63. The van der Waals surface area contributed by atoms with E-state index in [2.05, 4.69) is 25.9 Å². The summed E-state index contributed by atoms with van der Waals surface area (Å²) >= 11 is 0. The molecule has 3 heteroatoms. The Morgan fingerprint density at radius 3 is 2.71 bits per heavy atom. The molecule has 0 spiro atoms. The molecular weight excluding hydrogens is 298 g/mol. The van der Waals surface area contributed by atoms with Crippen LogP contribution in [0.2, 0.25) is 0 Å². The molecule has 132 valence electrons. The molecule has 4 aliphatic carbocycles. The first kappa shape index (κ1) is 15.4. The van der Waals surface area contributed by atoms with Crippen molar-refractivity contribution in [2.75, 3.05) is 0 Å². The Kier molecular flexibility index (Phi) is 3.00. The number of fused-ring (bicyclic) bond motifs is 6. The lowest BCUT2D eigenvalue weighted by molar-refractivity contribution is -0.139. The zero-order valence-corrected chi connectivity index (χ0v) is 15.3. The van der Waals surface area contributed by atoms with Gasteiger partial charge in [0.2, 0.25) is 0 Å². The van der Waals surface area contributed by atoms with Crippen LogP contribution in [0.4, 0.5) is 0 Å². The Balaban J connectivity index is 1.50. The molecule has 0 amide bonds. The van der Waals surface area contributed by atoms with Gasteiger partial charge in [-0.15, -0.1) is 0 Å². The molecule has 1 aromatic heterocycles. The third kappa shape index (κ3) is 1.75. The fourth-order valence-corrected chi connectivity index (χ4v) is 7.63. The van der Waals surface area contributed by atoms with Crippen molar-refractivity contribution in [3.05, 3.63) is 17.5 Å². The van der Waals surface area contributed by atoms with Crippen molar-refractivity contribution in [1.29, 1.82) is 0 Å². The van der Waals surface area contributed by atoms with Gasteiger partial charge in [-0.25, -0.2) is 0 Å². The van der Waals surface area contributed by atoms with Crippen molar-refractivity contribution < 1.29 is 9.63 Å². The van der Waals surface area contributed by atoms with Crippen molar-refractivity contribution in [2.24, 2.45) is 34.5 Å². The first-order valence-corrected chi connectivity index (χ1v) is 10.00. The lowest BCUT2D eigenvalue weighted by atomic mass is 9.44. The maximum atomic E-state index is 11.0. The van der Waals surface area contributed by atoms with E-state index in [-0.39, 0.29) is 5.41 Å². The third-order valence-corrected chi connectivity index (χ3v) is 9.37. The molecule has 1 heterocycles. The summed E-state index contributed by atoms with van der Waals surface area (Å²) in [4.78, 5) is 0. The van der Waals surface area contributed by atoms with Crippen LogP contribution < -0.4 is 0 Å². The zero-order valence-electron chi connectivity index (χ0n) is 15.3. The number of hydrogen-bond donors (Lipinski definition) is 1. The Bertz CT molecular complexity index is 665. The smallest absolute Gasteiger partial charge is 0.127 e. The summed E-state index contributed by atoms with van der Waals surface area (Å²) in [5.41, 5.74) is 2.65. The lowest BCUT2D eigenvalue weighted by Crippen LogP contribution is -2.56. The lowest BCUT2D eigenvalue weighted by Gasteiger charge is -2.60. The number of aliphatic hydroxyl groups is 1. The number of aromatic nitrogens is 1. The minimum absolute atomic E-state index is 0.133. The zero-order chi connectivity index (χ0) is 16.7. The van der Waals surface area contributed by atoms with Crippen molar-refractivity contribution in [1.82, 2.24) is 5.16 Å². The fraction of sp³-hybridized carbons (Fsp3) is 0.857. The Labute approximate surface area is 145 Å². The highest BCUT2D eigenvalue weighted by atomic mass is 16.5. The SMILES string of the molecule is CC12Cc3conc3CC1CCC1C2CC[C@@]2(C)C1CC[C@]2(C)O. The molecular formula is C21H31NO2.